The molecule has 4 fully saturated rings. The topological polar surface area (TPSA) is 39.1 Å². The van der Waals surface area contributed by atoms with Crippen LogP contribution in [0.25, 0.3) is 10.2 Å². The summed E-state index contributed by atoms with van der Waals surface area (Å²) in [5.41, 5.74) is 1.69. The molecular weight excluding hydrogens is 330 g/mol. The van der Waals surface area contributed by atoms with Gasteiger partial charge >= 0.3 is 4.87 Å². The van der Waals surface area contributed by atoms with Crippen LogP contribution in [0.5, 0.6) is 0 Å². The number of ketones is 1. The number of hydrogen-bond donors (Lipinski definition) is 0. The number of fused-ring (bicyclic) bond motifs is 1. The Bertz CT molecular complexity index is 884. The Labute approximate surface area is 152 Å². The molecule has 0 saturated heterocycles. The standard InChI is InChI=1S/C21H25NO2S/c1-12(2)22-17-4-3-16(8-18(17)25-20(22)24)19(23)21-9-13-5-14(10-21)7-15(6-13)11-21/h3-4,8,12-15H,5-7,9-11H2,1-2H3. The molecular formula is C21H25NO2S. The van der Waals surface area contributed by atoms with Crippen LogP contribution < -0.4 is 4.87 Å². The minimum atomic E-state index is -0.103. The lowest BCUT2D eigenvalue weighted by Crippen LogP contribution is -2.50. The highest BCUT2D eigenvalue weighted by Gasteiger charge is 2.54. The first kappa shape index (κ1) is 15.8. The van der Waals surface area contributed by atoms with Crippen molar-refractivity contribution < 1.29 is 4.79 Å². The summed E-state index contributed by atoms with van der Waals surface area (Å²) in [5, 5.41) is 0. The first-order valence-corrected chi connectivity index (χ1v) is 10.5. The molecule has 6 rings (SSSR count). The molecule has 25 heavy (non-hydrogen) atoms. The van der Waals surface area contributed by atoms with Crippen molar-refractivity contribution in [2.24, 2.45) is 23.2 Å². The Morgan fingerprint density at radius 3 is 2.28 bits per heavy atom. The summed E-state index contributed by atoms with van der Waals surface area (Å²) in [6.45, 7) is 4.06. The van der Waals surface area contributed by atoms with Gasteiger partial charge in [-0.3, -0.25) is 14.2 Å². The monoisotopic (exact) mass is 355 g/mol. The molecule has 1 heterocycles. The van der Waals surface area contributed by atoms with Crippen LogP contribution in [0.2, 0.25) is 0 Å². The third-order valence-corrected chi connectivity index (χ3v) is 7.83. The van der Waals surface area contributed by atoms with Crippen LogP contribution in [0.15, 0.2) is 23.0 Å². The smallest absolute Gasteiger partial charge is 0.296 e. The highest BCUT2D eigenvalue weighted by Crippen LogP contribution is 2.61. The average Bonchev–Trinajstić information content (AvgIpc) is 2.87. The van der Waals surface area contributed by atoms with Crippen molar-refractivity contribution in [3.05, 3.63) is 33.4 Å². The summed E-state index contributed by atoms with van der Waals surface area (Å²) in [4.78, 5) is 25.8. The molecule has 4 heteroatoms. The number of aromatic nitrogens is 1. The maximum atomic E-state index is 13.5. The fourth-order valence-electron chi connectivity index (χ4n) is 6.36. The molecule has 0 N–H and O–H groups in total. The first-order valence-electron chi connectivity index (χ1n) is 9.65. The van der Waals surface area contributed by atoms with E-state index >= 15 is 0 Å². The molecule has 1 aromatic heterocycles. The minimum Gasteiger partial charge on any atom is -0.296 e. The SMILES string of the molecule is CC(C)n1c(=O)sc2cc(C(=O)C34CC5CC(CC(C5)C3)C4)ccc21. The number of hydrogen-bond acceptors (Lipinski definition) is 3. The van der Waals surface area contributed by atoms with E-state index in [9.17, 15) is 9.59 Å². The maximum absolute atomic E-state index is 13.5. The van der Waals surface area contributed by atoms with Crippen LogP contribution in [-0.2, 0) is 0 Å². The van der Waals surface area contributed by atoms with Crippen molar-refractivity contribution in [1.29, 1.82) is 0 Å². The fourth-order valence-corrected chi connectivity index (χ4v) is 7.41. The van der Waals surface area contributed by atoms with Gasteiger partial charge < -0.3 is 0 Å². The van der Waals surface area contributed by atoms with Crippen molar-refractivity contribution >= 4 is 27.3 Å². The van der Waals surface area contributed by atoms with Gasteiger partial charge in [0.1, 0.15) is 0 Å². The Hall–Kier alpha value is -1.42. The zero-order valence-electron chi connectivity index (χ0n) is 15.0. The molecule has 4 aliphatic carbocycles. The summed E-state index contributed by atoms with van der Waals surface area (Å²) >= 11 is 1.27. The van der Waals surface area contributed by atoms with E-state index < -0.39 is 0 Å². The molecule has 0 unspecified atom stereocenters. The lowest BCUT2D eigenvalue weighted by Gasteiger charge is -2.56. The molecule has 0 aliphatic heterocycles. The molecule has 0 spiro atoms. The van der Waals surface area contributed by atoms with E-state index in [2.05, 4.69) is 0 Å². The van der Waals surface area contributed by atoms with Gasteiger partial charge in [-0.1, -0.05) is 11.3 Å². The number of rotatable bonds is 3. The fraction of sp³-hybridized carbons (Fsp3) is 0.619. The van der Waals surface area contributed by atoms with Gasteiger partial charge in [-0.15, -0.1) is 0 Å². The zero-order chi connectivity index (χ0) is 17.3. The van der Waals surface area contributed by atoms with Gasteiger partial charge in [0.25, 0.3) is 0 Å². The van der Waals surface area contributed by atoms with Gasteiger partial charge in [-0.2, -0.15) is 0 Å². The molecule has 4 aliphatic rings. The second-order valence-electron chi connectivity index (χ2n) is 9.04. The van der Waals surface area contributed by atoms with Crippen LogP contribution in [0.3, 0.4) is 0 Å². The maximum Gasteiger partial charge on any atom is 0.308 e. The zero-order valence-corrected chi connectivity index (χ0v) is 15.8. The van der Waals surface area contributed by atoms with Crippen LogP contribution >= 0.6 is 11.3 Å². The van der Waals surface area contributed by atoms with Gasteiger partial charge in [0.15, 0.2) is 5.78 Å². The number of nitrogens with zero attached hydrogens (tertiary/aromatic N) is 1. The van der Waals surface area contributed by atoms with E-state index in [1.165, 1.54) is 30.6 Å². The van der Waals surface area contributed by atoms with Gasteiger partial charge in [0.2, 0.25) is 0 Å². The minimum absolute atomic E-state index is 0.0735. The lowest BCUT2D eigenvalue weighted by atomic mass is 9.48. The summed E-state index contributed by atoms with van der Waals surface area (Å²) in [6, 6.07) is 6.09. The van der Waals surface area contributed by atoms with Crippen LogP contribution in [0, 0.1) is 23.2 Å². The molecule has 4 bridgehead atoms. The summed E-state index contributed by atoms with van der Waals surface area (Å²) < 4.78 is 2.79. The molecule has 3 nitrogen and oxygen atoms in total. The number of carbonyl (C=O) groups is 1. The van der Waals surface area contributed by atoms with E-state index in [4.69, 9.17) is 0 Å². The number of benzene rings is 1. The molecule has 2 aromatic rings. The van der Waals surface area contributed by atoms with E-state index in [0.29, 0.717) is 5.78 Å². The predicted octanol–water partition coefficient (Wildman–Crippen LogP) is 5.04. The van der Waals surface area contributed by atoms with E-state index in [1.807, 2.05) is 36.6 Å². The third-order valence-electron chi connectivity index (χ3n) is 6.91. The summed E-state index contributed by atoms with van der Waals surface area (Å²) in [6.07, 6.45) is 7.34. The molecule has 0 amide bonds. The van der Waals surface area contributed by atoms with E-state index in [1.54, 1.807) is 0 Å². The molecule has 0 radical (unpaired) electrons. The second kappa shape index (κ2) is 5.29. The largest absolute Gasteiger partial charge is 0.308 e. The summed E-state index contributed by atoms with van der Waals surface area (Å²) in [5.74, 6) is 2.68. The Balaban J connectivity index is 1.55. The van der Waals surface area contributed by atoms with Crippen LogP contribution in [0.1, 0.15) is 68.8 Å². The number of Topliss-reactive ketones (excluding diaryl/α,β-unsaturated/α-hetero) is 1. The van der Waals surface area contributed by atoms with Crippen molar-refractivity contribution in [3.8, 4) is 0 Å². The van der Waals surface area contributed by atoms with Crippen molar-refractivity contribution in [1.82, 2.24) is 4.57 Å². The van der Waals surface area contributed by atoms with Crippen molar-refractivity contribution in [2.75, 3.05) is 0 Å². The summed E-state index contributed by atoms with van der Waals surface area (Å²) in [7, 11) is 0. The van der Waals surface area contributed by atoms with Gasteiger partial charge in [-0.25, -0.2) is 0 Å². The molecule has 132 valence electrons. The van der Waals surface area contributed by atoms with Gasteiger partial charge in [0.05, 0.1) is 10.2 Å². The molecule has 1 aromatic carbocycles. The second-order valence-corrected chi connectivity index (χ2v) is 10.0. The molecule has 4 saturated carbocycles. The van der Waals surface area contributed by atoms with E-state index in [-0.39, 0.29) is 16.3 Å². The lowest BCUT2D eigenvalue weighted by molar-refractivity contribution is -0.0352. The Kier molecular flexibility index (Phi) is 3.35. The highest BCUT2D eigenvalue weighted by atomic mass is 32.1. The highest BCUT2D eigenvalue weighted by molar-refractivity contribution is 7.16. The Morgan fingerprint density at radius 1 is 1.12 bits per heavy atom. The Morgan fingerprint density at radius 2 is 1.72 bits per heavy atom. The first-order chi connectivity index (χ1) is 11.9. The normalized spacial score (nSPS) is 33.5. The average molecular weight is 356 g/mol. The van der Waals surface area contributed by atoms with Crippen molar-refractivity contribution in [3.63, 3.8) is 0 Å². The van der Waals surface area contributed by atoms with Crippen molar-refractivity contribution in [2.45, 2.75) is 58.4 Å². The number of thiazole rings is 1. The molecule has 0 atom stereocenters. The van der Waals surface area contributed by atoms with Crippen LogP contribution in [0.4, 0.5) is 0 Å². The number of carbonyl (C=O) groups excluding carboxylic acids is 1. The predicted molar refractivity (Wildman–Crippen MR) is 101 cm³/mol. The third kappa shape index (κ3) is 2.29. The quantitative estimate of drug-likeness (QED) is 0.723. The van der Waals surface area contributed by atoms with E-state index in [0.717, 1.165) is 52.8 Å². The van der Waals surface area contributed by atoms with Gasteiger partial charge in [-0.05, 0) is 88.3 Å². The van der Waals surface area contributed by atoms with Gasteiger partial charge in [0, 0.05) is 17.0 Å². The van der Waals surface area contributed by atoms with Crippen LogP contribution in [-0.4, -0.2) is 10.4 Å².